The molecule has 0 aromatic heterocycles. The van der Waals surface area contributed by atoms with Crippen molar-refractivity contribution in [1.82, 2.24) is 0 Å². The van der Waals surface area contributed by atoms with Gasteiger partial charge in [0.25, 0.3) is 0 Å². The van der Waals surface area contributed by atoms with E-state index in [9.17, 15) is 8.78 Å². The molecule has 1 aromatic rings. The molecule has 0 atom stereocenters. The number of aromatic hydroxyl groups is 1. The summed E-state index contributed by atoms with van der Waals surface area (Å²) in [7, 11) is 0. The quantitative estimate of drug-likeness (QED) is 0.660. The Balaban J connectivity index is 3.38. The second-order valence-electron chi connectivity index (χ2n) is 4.03. The van der Waals surface area contributed by atoms with Crippen LogP contribution < -0.4 is 0 Å². The Morgan fingerprint density at radius 3 is 1.77 bits per heavy atom. The summed E-state index contributed by atoms with van der Waals surface area (Å²) in [6.45, 7) is 5.14. The van der Waals surface area contributed by atoms with Crippen LogP contribution in [-0.2, 0) is 5.41 Å². The van der Waals surface area contributed by atoms with Crippen molar-refractivity contribution in [2.75, 3.05) is 0 Å². The van der Waals surface area contributed by atoms with Crippen molar-refractivity contribution >= 4 is 0 Å². The van der Waals surface area contributed by atoms with E-state index < -0.39 is 17.0 Å². The van der Waals surface area contributed by atoms with Gasteiger partial charge in [0.05, 0.1) is 0 Å². The minimum atomic E-state index is -0.704. The van der Waals surface area contributed by atoms with Crippen molar-refractivity contribution < 1.29 is 13.9 Å². The van der Waals surface area contributed by atoms with Gasteiger partial charge in [0.15, 0.2) is 0 Å². The molecular formula is C10H12F2O. The summed E-state index contributed by atoms with van der Waals surface area (Å²) >= 11 is 0. The summed E-state index contributed by atoms with van der Waals surface area (Å²) in [5.74, 6) is -1.79. The third-order valence-electron chi connectivity index (χ3n) is 1.78. The molecule has 1 aromatic carbocycles. The monoisotopic (exact) mass is 186 g/mol. The van der Waals surface area contributed by atoms with Gasteiger partial charge >= 0.3 is 0 Å². The SMILES string of the molecule is CC(C)(C)c1c(F)cc(O)cc1F. The number of benzene rings is 1. The summed E-state index contributed by atoms with van der Waals surface area (Å²) in [5.41, 5.74) is -0.590. The third kappa shape index (κ3) is 1.97. The molecule has 0 radical (unpaired) electrons. The van der Waals surface area contributed by atoms with Gasteiger partial charge in [-0.2, -0.15) is 0 Å². The zero-order chi connectivity index (χ0) is 10.2. The van der Waals surface area contributed by atoms with E-state index in [1.54, 1.807) is 20.8 Å². The van der Waals surface area contributed by atoms with Gasteiger partial charge in [0.2, 0.25) is 0 Å². The molecule has 1 N–H and O–H groups in total. The van der Waals surface area contributed by atoms with E-state index >= 15 is 0 Å². The summed E-state index contributed by atoms with van der Waals surface area (Å²) in [5, 5.41) is 8.90. The van der Waals surface area contributed by atoms with Gasteiger partial charge in [0.1, 0.15) is 17.4 Å². The molecule has 1 rings (SSSR count). The van der Waals surface area contributed by atoms with E-state index in [0.717, 1.165) is 12.1 Å². The topological polar surface area (TPSA) is 20.2 Å². The van der Waals surface area contributed by atoms with Crippen LogP contribution in [0, 0.1) is 11.6 Å². The summed E-state index contributed by atoms with van der Waals surface area (Å²) in [6, 6.07) is 1.84. The maximum Gasteiger partial charge on any atom is 0.133 e. The summed E-state index contributed by atoms with van der Waals surface area (Å²) in [6.07, 6.45) is 0. The van der Waals surface area contributed by atoms with Crippen molar-refractivity contribution in [2.45, 2.75) is 26.2 Å². The molecule has 0 saturated carbocycles. The molecule has 0 fully saturated rings. The predicted molar refractivity (Wildman–Crippen MR) is 46.7 cm³/mol. The fourth-order valence-corrected chi connectivity index (χ4v) is 1.28. The largest absolute Gasteiger partial charge is 0.508 e. The van der Waals surface area contributed by atoms with E-state index in [-0.39, 0.29) is 11.3 Å². The Morgan fingerprint density at radius 2 is 1.46 bits per heavy atom. The number of hydrogen-bond donors (Lipinski definition) is 1. The smallest absolute Gasteiger partial charge is 0.133 e. The zero-order valence-corrected chi connectivity index (χ0v) is 7.86. The van der Waals surface area contributed by atoms with Crippen LogP contribution in [0.15, 0.2) is 12.1 Å². The second-order valence-corrected chi connectivity index (χ2v) is 4.03. The molecule has 0 heterocycles. The number of phenolic OH excluding ortho intramolecular Hbond substituents is 1. The number of phenols is 1. The van der Waals surface area contributed by atoms with E-state index in [2.05, 4.69) is 0 Å². The lowest BCUT2D eigenvalue weighted by molar-refractivity contribution is 0.438. The number of hydrogen-bond acceptors (Lipinski definition) is 1. The first kappa shape index (κ1) is 9.96. The van der Waals surface area contributed by atoms with Gasteiger partial charge in [-0.15, -0.1) is 0 Å². The van der Waals surface area contributed by atoms with Crippen LogP contribution in [0.25, 0.3) is 0 Å². The first-order chi connectivity index (χ1) is 5.82. The highest BCUT2D eigenvalue weighted by molar-refractivity contribution is 5.33. The lowest BCUT2D eigenvalue weighted by atomic mass is 9.86. The van der Waals surface area contributed by atoms with Gasteiger partial charge in [0, 0.05) is 17.7 Å². The van der Waals surface area contributed by atoms with Crippen LogP contribution >= 0.6 is 0 Å². The Kier molecular flexibility index (Phi) is 2.28. The molecule has 0 saturated heterocycles. The highest BCUT2D eigenvalue weighted by Crippen LogP contribution is 2.30. The Labute approximate surface area is 76.0 Å². The molecule has 0 unspecified atom stereocenters. The zero-order valence-electron chi connectivity index (χ0n) is 7.86. The van der Waals surface area contributed by atoms with Gasteiger partial charge in [-0.05, 0) is 5.41 Å². The van der Waals surface area contributed by atoms with Gasteiger partial charge < -0.3 is 5.11 Å². The van der Waals surface area contributed by atoms with Crippen LogP contribution in [0.5, 0.6) is 5.75 Å². The average molecular weight is 186 g/mol. The molecule has 13 heavy (non-hydrogen) atoms. The van der Waals surface area contributed by atoms with Crippen molar-refractivity contribution in [2.24, 2.45) is 0 Å². The van der Waals surface area contributed by atoms with Crippen LogP contribution in [0.2, 0.25) is 0 Å². The lowest BCUT2D eigenvalue weighted by Gasteiger charge is -2.20. The molecule has 0 spiro atoms. The molecule has 0 aliphatic carbocycles. The van der Waals surface area contributed by atoms with E-state index in [4.69, 9.17) is 5.11 Å². The van der Waals surface area contributed by atoms with Crippen LogP contribution in [-0.4, -0.2) is 5.11 Å². The third-order valence-corrected chi connectivity index (χ3v) is 1.78. The normalized spacial score (nSPS) is 11.8. The van der Waals surface area contributed by atoms with Crippen molar-refractivity contribution in [3.8, 4) is 5.75 Å². The van der Waals surface area contributed by atoms with Gasteiger partial charge in [-0.25, -0.2) is 8.78 Å². The maximum absolute atomic E-state index is 13.2. The van der Waals surface area contributed by atoms with Gasteiger partial charge in [-0.3, -0.25) is 0 Å². The van der Waals surface area contributed by atoms with E-state index in [1.807, 2.05) is 0 Å². The molecule has 0 amide bonds. The van der Waals surface area contributed by atoms with E-state index in [1.165, 1.54) is 0 Å². The Hall–Kier alpha value is -1.12. The molecular weight excluding hydrogens is 174 g/mol. The minimum absolute atomic E-state index is 0.00491. The fourth-order valence-electron chi connectivity index (χ4n) is 1.28. The highest BCUT2D eigenvalue weighted by Gasteiger charge is 2.23. The molecule has 0 aliphatic rings. The maximum atomic E-state index is 13.2. The summed E-state index contributed by atoms with van der Waals surface area (Å²) in [4.78, 5) is 0. The number of rotatable bonds is 0. The second kappa shape index (κ2) is 2.98. The Bertz CT molecular complexity index is 303. The van der Waals surface area contributed by atoms with Crippen LogP contribution in [0.1, 0.15) is 26.3 Å². The number of halogens is 2. The standard InChI is InChI=1S/C10H12F2O/c1-10(2,3)9-7(11)4-6(13)5-8(9)12/h4-5,13H,1-3H3. The average Bonchev–Trinajstić information content (AvgIpc) is 1.78. The van der Waals surface area contributed by atoms with E-state index in [0.29, 0.717) is 0 Å². The van der Waals surface area contributed by atoms with Crippen LogP contribution in [0.4, 0.5) is 8.78 Å². The Morgan fingerprint density at radius 1 is 1.08 bits per heavy atom. The molecule has 1 nitrogen and oxygen atoms in total. The minimum Gasteiger partial charge on any atom is -0.508 e. The molecule has 0 aliphatic heterocycles. The first-order valence-corrected chi connectivity index (χ1v) is 4.01. The highest BCUT2D eigenvalue weighted by atomic mass is 19.1. The van der Waals surface area contributed by atoms with Gasteiger partial charge in [-0.1, -0.05) is 20.8 Å². The van der Waals surface area contributed by atoms with Crippen molar-refractivity contribution in [3.05, 3.63) is 29.3 Å². The van der Waals surface area contributed by atoms with Crippen molar-refractivity contribution in [1.29, 1.82) is 0 Å². The molecule has 0 bridgehead atoms. The molecule has 72 valence electrons. The van der Waals surface area contributed by atoms with Crippen molar-refractivity contribution in [3.63, 3.8) is 0 Å². The lowest BCUT2D eigenvalue weighted by Crippen LogP contribution is -2.15. The fraction of sp³-hybridized carbons (Fsp3) is 0.400. The van der Waals surface area contributed by atoms with Crippen LogP contribution in [0.3, 0.4) is 0 Å². The first-order valence-electron chi connectivity index (χ1n) is 4.01. The molecule has 3 heteroatoms. The summed E-state index contributed by atoms with van der Waals surface area (Å²) < 4.78 is 26.4. The predicted octanol–water partition coefficient (Wildman–Crippen LogP) is 2.97.